The number of likely N-dealkylation sites (N-methyl/N-ethyl adjacent to an activating group) is 1. The Morgan fingerprint density at radius 2 is 1.72 bits per heavy atom. The maximum Gasteiger partial charge on any atom is 0.255 e. The number of Topliss-reactive ketones (excluding diaryl/α,β-unsaturated/α-hetero) is 2. The van der Waals surface area contributed by atoms with Gasteiger partial charge in [-0.15, -0.1) is 0 Å². The molecule has 43 heavy (non-hydrogen) atoms. The first kappa shape index (κ1) is 30.3. The van der Waals surface area contributed by atoms with Crippen LogP contribution in [0.25, 0.3) is 16.9 Å². The Labute approximate surface area is 250 Å². The summed E-state index contributed by atoms with van der Waals surface area (Å²) >= 11 is 0. The molecule has 3 aliphatic rings. The first-order valence-corrected chi connectivity index (χ1v) is 14.6. The number of primary amides is 1. The number of amides is 1. The molecule has 0 spiro atoms. The van der Waals surface area contributed by atoms with Crippen LogP contribution < -0.4 is 10.6 Å². The lowest BCUT2D eigenvalue weighted by atomic mass is 9.57. The second kappa shape index (κ2) is 10.8. The third-order valence-corrected chi connectivity index (χ3v) is 9.26. The Kier molecular flexibility index (Phi) is 7.64. The minimum atomic E-state index is -2.67. The molecule has 4 atom stereocenters. The number of ketones is 2. The second-order valence-corrected chi connectivity index (χ2v) is 12.3. The summed E-state index contributed by atoms with van der Waals surface area (Å²) in [6.45, 7) is 2.13. The van der Waals surface area contributed by atoms with E-state index in [-0.39, 0.29) is 29.7 Å². The molecule has 2 aromatic carbocycles. The molecule has 0 aliphatic heterocycles. The van der Waals surface area contributed by atoms with E-state index in [0.29, 0.717) is 11.1 Å². The molecule has 0 bridgehead atoms. The van der Waals surface area contributed by atoms with E-state index >= 15 is 0 Å². The fourth-order valence-corrected chi connectivity index (χ4v) is 7.14. The predicted octanol–water partition coefficient (Wildman–Crippen LogP) is 3.04. The van der Waals surface area contributed by atoms with Crippen molar-refractivity contribution in [2.45, 2.75) is 50.7 Å². The highest BCUT2D eigenvalue weighted by molar-refractivity contribution is 6.24. The number of carbonyl (C=O) groups is 3. The smallest absolute Gasteiger partial charge is 0.255 e. The van der Waals surface area contributed by atoms with Crippen molar-refractivity contribution in [1.82, 2.24) is 4.90 Å². The number of unbranched alkanes of at least 4 members (excludes halogenated alkanes) is 1. The minimum absolute atomic E-state index is 0.0420. The van der Waals surface area contributed by atoms with E-state index < -0.39 is 58.0 Å². The average molecular weight is 590 g/mol. The van der Waals surface area contributed by atoms with Crippen molar-refractivity contribution in [3.05, 3.63) is 63.9 Å². The van der Waals surface area contributed by atoms with Crippen LogP contribution in [0.3, 0.4) is 0 Å². The van der Waals surface area contributed by atoms with Gasteiger partial charge in [0.05, 0.1) is 11.6 Å². The Balaban J connectivity index is 1.71. The van der Waals surface area contributed by atoms with E-state index in [1.165, 1.54) is 10.5 Å². The highest BCUT2D eigenvalue weighted by Gasteiger charge is 2.64. The summed E-state index contributed by atoms with van der Waals surface area (Å²) in [6.07, 6.45) is 3.35. The van der Waals surface area contributed by atoms with E-state index in [2.05, 4.69) is 6.92 Å². The number of nitrogens with zero attached hydrogens (tertiary/aromatic N) is 2. The lowest BCUT2D eigenvalue weighted by Gasteiger charge is -2.50. The van der Waals surface area contributed by atoms with Crippen molar-refractivity contribution in [1.29, 1.82) is 0 Å². The van der Waals surface area contributed by atoms with Crippen molar-refractivity contribution in [2.24, 2.45) is 17.6 Å². The molecule has 0 heterocycles. The molecule has 0 unspecified atom stereocenters. The Morgan fingerprint density at radius 3 is 2.28 bits per heavy atom. The van der Waals surface area contributed by atoms with Crippen LogP contribution in [0.5, 0.6) is 5.75 Å². The molecule has 5 rings (SSSR count). The van der Waals surface area contributed by atoms with Crippen LogP contribution in [0.1, 0.15) is 42.9 Å². The van der Waals surface area contributed by atoms with Crippen molar-refractivity contribution >= 4 is 28.9 Å². The zero-order chi connectivity index (χ0) is 31.5. The SMILES string of the molecule is CCCCc1ccc(-c2cc(N(C)C)c3c(c2O)C(O)=C2C(=O)[C@@]4(O)C(O)=C(C(N)=O)C(=O)[C@H](N(C)C)[C@H]4C[C@H]2C3)cc1. The molecule has 0 aromatic heterocycles. The summed E-state index contributed by atoms with van der Waals surface area (Å²) in [5, 5.41) is 46.2. The number of phenolic OH excluding ortho intramolecular Hbond substituents is 1. The molecule has 10 nitrogen and oxygen atoms in total. The first-order valence-electron chi connectivity index (χ1n) is 14.6. The maximum absolute atomic E-state index is 14.2. The topological polar surface area (TPSA) is 165 Å². The number of aliphatic hydroxyl groups is 3. The van der Waals surface area contributed by atoms with E-state index in [4.69, 9.17) is 5.73 Å². The van der Waals surface area contributed by atoms with Gasteiger partial charge in [0.25, 0.3) is 5.91 Å². The number of aromatic hydroxyl groups is 1. The van der Waals surface area contributed by atoms with E-state index in [9.17, 15) is 34.8 Å². The van der Waals surface area contributed by atoms with Crippen LogP contribution >= 0.6 is 0 Å². The number of fused-ring (bicyclic) bond motifs is 3. The number of hydrogen-bond acceptors (Lipinski definition) is 9. The van der Waals surface area contributed by atoms with Gasteiger partial charge in [-0.05, 0) is 68.5 Å². The minimum Gasteiger partial charge on any atom is -0.508 e. The largest absolute Gasteiger partial charge is 0.508 e. The van der Waals surface area contributed by atoms with Gasteiger partial charge in [-0.3, -0.25) is 19.3 Å². The molecule has 3 aliphatic carbocycles. The molecule has 1 fully saturated rings. The van der Waals surface area contributed by atoms with E-state index in [0.717, 1.165) is 30.5 Å². The highest BCUT2D eigenvalue weighted by Crippen LogP contribution is 2.54. The molecular formula is C33H39N3O7. The van der Waals surface area contributed by atoms with E-state index in [1.54, 1.807) is 14.1 Å². The van der Waals surface area contributed by atoms with Gasteiger partial charge in [0, 0.05) is 36.8 Å². The molecule has 6 N–H and O–H groups in total. The van der Waals surface area contributed by atoms with Crippen molar-refractivity contribution in [2.75, 3.05) is 33.1 Å². The Morgan fingerprint density at radius 1 is 1.07 bits per heavy atom. The van der Waals surface area contributed by atoms with Crippen molar-refractivity contribution in [3.63, 3.8) is 0 Å². The van der Waals surface area contributed by atoms with Crippen molar-refractivity contribution < 1.29 is 34.8 Å². The second-order valence-electron chi connectivity index (χ2n) is 12.3. The molecular weight excluding hydrogens is 550 g/mol. The van der Waals surface area contributed by atoms with Crippen LogP contribution in [-0.4, -0.2) is 82.6 Å². The number of phenols is 1. The first-order chi connectivity index (χ1) is 20.2. The number of nitrogens with two attached hydrogens (primary N) is 1. The fraction of sp³-hybridized carbons (Fsp3) is 0.424. The molecule has 1 amide bonds. The molecule has 0 radical (unpaired) electrons. The standard InChI is InChI=1S/C33H39N3O7/c1-6-7-8-16-9-11-17(12-10-16)19-15-22(35(2)3)20-13-18-14-21-26(36(4)5)29(39)25(32(34)42)31(41)33(21,43)30(40)23(18)28(38)24(20)27(19)37/h9-12,15,18,21,26,37-38,41,43H,6-8,13-14H2,1-5H3,(H2,34,42)/t18-,21-,26-,33-/m1/s1. The number of benzene rings is 2. The van der Waals surface area contributed by atoms with Crippen LogP contribution in [0.2, 0.25) is 0 Å². The number of carbonyl (C=O) groups excluding carboxylic acids is 3. The van der Waals surface area contributed by atoms with Crippen LogP contribution in [0.4, 0.5) is 5.69 Å². The monoisotopic (exact) mass is 589 g/mol. The summed E-state index contributed by atoms with van der Waals surface area (Å²) in [5.41, 5.74) is 5.54. The summed E-state index contributed by atoms with van der Waals surface area (Å²) in [5.74, 6) is -6.63. The average Bonchev–Trinajstić information content (AvgIpc) is 2.93. The van der Waals surface area contributed by atoms with Crippen molar-refractivity contribution in [3.8, 4) is 16.9 Å². The van der Waals surface area contributed by atoms with Gasteiger partial charge in [-0.1, -0.05) is 37.6 Å². The summed E-state index contributed by atoms with van der Waals surface area (Å²) in [6, 6.07) is 8.57. The van der Waals surface area contributed by atoms with Gasteiger partial charge in [0.2, 0.25) is 5.78 Å². The molecule has 228 valence electrons. The lowest BCUT2D eigenvalue weighted by Crippen LogP contribution is -2.65. The number of rotatable bonds is 7. The third kappa shape index (κ3) is 4.51. The Hall–Kier alpha value is -4.15. The predicted molar refractivity (Wildman–Crippen MR) is 163 cm³/mol. The maximum atomic E-state index is 14.2. The van der Waals surface area contributed by atoms with Crippen LogP contribution in [-0.2, 0) is 27.2 Å². The number of anilines is 1. The molecule has 1 saturated carbocycles. The van der Waals surface area contributed by atoms with Gasteiger partial charge in [0.1, 0.15) is 22.8 Å². The van der Waals surface area contributed by atoms with Gasteiger partial charge >= 0.3 is 0 Å². The molecule has 0 saturated heterocycles. The van der Waals surface area contributed by atoms with E-state index in [1.807, 2.05) is 49.3 Å². The van der Waals surface area contributed by atoms with Gasteiger partial charge in [0.15, 0.2) is 11.4 Å². The summed E-state index contributed by atoms with van der Waals surface area (Å²) < 4.78 is 0. The lowest BCUT2D eigenvalue weighted by molar-refractivity contribution is -0.153. The normalized spacial score (nSPS) is 25.0. The molecule has 10 heteroatoms. The zero-order valence-corrected chi connectivity index (χ0v) is 25.1. The Bertz CT molecular complexity index is 1590. The zero-order valence-electron chi connectivity index (χ0n) is 25.1. The molecule has 2 aromatic rings. The van der Waals surface area contributed by atoms with Crippen LogP contribution in [0, 0.1) is 11.8 Å². The highest BCUT2D eigenvalue weighted by atomic mass is 16.3. The van der Waals surface area contributed by atoms with Gasteiger partial charge < -0.3 is 31.1 Å². The fourth-order valence-electron chi connectivity index (χ4n) is 7.14. The number of aliphatic hydroxyl groups excluding tert-OH is 2. The van der Waals surface area contributed by atoms with Crippen LogP contribution in [0.15, 0.2) is 47.2 Å². The number of aryl methyl sites for hydroxylation is 1. The third-order valence-electron chi connectivity index (χ3n) is 9.26. The summed E-state index contributed by atoms with van der Waals surface area (Å²) in [7, 11) is 6.85. The van der Waals surface area contributed by atoms with Gasteiger partial charge in [-0.2, -0.15) is 0 Å². The quantitative estimate of drug-likeness (QED) is 0.305. The number of hydrogen-bond donors (Lipinski definition) is 5. The summed E-state index contributed by atoms with van der Waals surface area (Å²) in [4.78, 5) is 43.0. The van der Waals surface area contributed by atoms with Gasteiger partial charge in [-0.25, -0.2) is 0 Å².